The van der Waals surface area contributed by atoms with Gasteiger partial charge in [0, 0.05) is 24.5 Å². The lowest BCUT2D eigenvalue weighted by Gasteiger charge is -2.29. The topological polar surface area (TPSA) is 38.1 Å². The second-order valence-corrected chi connectivity index (χ2v) is 6.31. The van der Waals surface area contributed by atoms with Crippen molar-refractivity contribution in [1.82, 2.24) is 9.78 Å². The van der Waals surface area contributed by atoms with Gasteiger partial charge in [0.15, 0.2) is 0 Å². The van der Waals surface area contributed by atoms with Gasteiger partial charge in [-0.2, -0.15) is 5.10 Å². The molecule has 2 rings (SSSR count). The Balaban J connectivity index is 2.19. The third kappa shape index (κ3) is 3.25. The first-order valence-corrected chi connectivity index (χ1v) is 8.64. The monoisotopic (exact) mass is 341 g/mol. The van der Waals surface area contributed by atoms with E-state index in [9.17, 15) is 4.79 Å². The summed E-state index contributed by atoms with van der Waals surface area (Å²) in [6.45, 7) is 7.12. The maximum Gasteiger partial charge on any atom is 0.268 e. The van der Waals surface area contributed by atoms with Crippen molar-refractivity contribution in [2.75, 3.05) is 23.3 Å². The smallest absolute Gasteiger partial charge is 0.268 e. The van der Waals surface area contributed by atoms with Crippen LogP contribution in [0.5, 0.6) is 0 Å². The summed E-state index contributed by atoms with van der Waals surface area (Å²) in [4.78, 5) is 14.5. The van der Waals surface area contributed by atoms with Crippen molar-refractivity contribution in [3.63, 3.8) is 0 Å². The van der Waals surface area contributed by atoms with E-state index in [1.54, 1.807) is 10.7 Å². The van der Waals surface area contributed by atoms with Crippen molar-refractivity contribution < 1.29 is 0 Å². The molecule has 1 fully saturated rings. The van der Waals surface area contributed by atoms with Gasteiger partial charge in [-0.3, -0.25) is 4.79 Å². The maximum absolute atomic E-state index is 12.3. The van der Waals surface area contributed by atoms with E-state index in [0.29, 0.717) is 6.54 Å². The molecule has 0 aliphatic carbocycles. The molecular weight excluding hydrogens is 318 g/mol. The predicted molar refractivity (Wildman–Crippen MR) is 86.8 cm³/mol. The van der Waals surface area contributed by atoms with Gasteiger partial charge in [-0.25, -0.2) is 4.68 Å². The van der Waals surface area contributed by atoms with Crippen LogP contribution in [0.2, 0.25) is 0 Å². The Bertz CT molecular complexity index is 482. The first-order chi connectivity index (χ1) is 9.64. The molecule has 0 bridgehead atoms. The number of aromatic nitrogens is 2. The number of halogens is 1. The second-order valence-electron chi connectivity index (χ2n) is 5.74. The van der Waals surface area contributed by atoms with E-state index in [1.165, 1.54) is 12.8 Å². The van der Waals surface area contributed by atoms with Crippen LogP contribution in [0, 0.1) is 5.41 Å². The van der Waals surface area contributed by atoms with Crippen LogP contribution in [0.1, 0.15) is 39.5 Å². The molecule has 1 aromatic heterocycles. The summed E-state index contributed by atoms with van der Waals surface area (Å²) >= 11 is 3.59. The van der Waals surface area contributed by atoms with Crippen LogP contribution in [0.25, 0.3) is 0 Å². The molecule has 4 nitrogen and oxygen atoms in total. The molecule has 0 atom stereocenters. The second kappa shape index (κ2) is 6.74. The lowest BCUT2D eigenvalue weighted by molar-refractivity contribution is 0.242. The molecule has 1 saturated heterocycles. The van der Waals surface area contributed by atoms with E-state index in [2.05, 4.69) is 39.8 Å². The quantitative estimate of drug-likeness (QED) is 0.746. The molecule has 20 heavy (non-hydrogen) atoms. The molecule has 2 heterocycles. The van der Waals surface area contributed by atoms with Crippen molar-refractivity contribution in [3.05, 3.63) is 22.6 Å². The Kier molecular flexibility index (Phi) is 5.24. The lowest BCUT2D eigenvalue weighted by atomic mass is 9.85. The van der Waals surface area contributed by atoms with Crippen LogP contribution >= 0.6 is 15.9 Å². The Morgan fingerprint density at radius 1 is 1.30 bits per heavy atom. The van der Waals surface area contributed by atoms with E-state index in [1.807, 2.05) is 6.20 Å². The molecule has 0 radical (unpaired) electrons. The Morgan fingerprint density at radius 2 is 1.95 bits per heavy atom. The van der Waals surface area contributed by atoms with Gasteiger partial charge in [0.05, 0.1) is 18.4 Å². The normalized spacial score (nSPS) is 15.8. The summed E-state index contributed by atoms with van der Waals surface area (Å²) in [6, 6.07) is 1.74. The van der Waals surface area contributed by atoms with Crippen LogP contribution < -0.4 is 10.5 Å². The molecule has 0 amide bonds. The summed E-state index contributed by atoms with van der Waals surface area (Å²) in [5.74, 6) is 0. The van der Waals surface area contributed by atoms with Crippen LogP contribution in [0.15, 0.2) is 17.1 Å². The van der Waals surface area contributed by atoms with Crippen molar-refractivity contribution >= 4 is 21.6 Å². The minimum atomic E-state index is 0.0154. The number of rotatable bonds is 6. The third-order valence-electron chi connectivity index (χ3n) is 4.60. The van der Waals surface area contributed by atoms with Gasteiger partial charge in [0.25, 0.3) is 5.56 Å². The van der Waals surface area contributed by atoms with Gasteiger partial charge in [-0.1, -0.05) is 29.8 Å². The molecule has 1 aliphatic rings. The molecule has 5 heteroatoms. The predicted octanol–water partition coefficient (Wildman–Crippen LogP) is 3.04. The van der Waals surface area contributed by atoms with Gasteiger partial charge in [0.2, 0.25) is 0 Å². The summed E-state index contributed by atoms with van der Waals surface area (Å²) < 4.78 is 1.62. The number of anilines is 1. The maximum atomic E-state index is 12.3. The number of alkyl halides is 1. The number of nitrogens with zero attached hydrogens (tertiary/aromatic N) is 3. The van der Waals surface area contributed by atoms with E-state index in [0.717, 1.165) is 36.9 Å². The first-order valence-electron chi connectivity index (χ1n) is 7.52. The Morgan fingerprint density at radius 3 is 2.45 bits per heavy atom. The minimum Gasteiger partial charge on any atom is -0.370 e. The van der Waals surface area contributed by atoms with E-state index in [4.69, 9.17) is 0 Å². The fourth-order valence-electron chi connectivity index (χ4n) is 2.71. The molecular formula is C15H24BrN3O. The van der Waals surface area contributed by atoms with Crippen LogP contribution in [-0.4, -0.2) is 28.2 Å². The average Bonchev–Trinajstić information content (AvgIpc) is 3.01. The summed E-state index contributed by atoms with van der Waals surface area (Å²) in [6.07, 6.45) is 6.34. The third-order valence-corrected chi connectivity index (χ3v) is 5.78. The van der Waals surface area contributed by atoms with Crippen molar-refractivity contribution in [3.8, 4) is 0 Å². The zero-order valence-electron chi connectivity index (χ0n) is 12.4. The minimum absolute atomic E-state index is 0.0154. The zero-order valence-corrected chi connectivity index (χ0v) is 14.0. The van der Waals surface area contributed by atoms with Gasteiger partial charge >= 0.3 is 0 Å². The fraction of sp³-hybridized carbons (Fsp3) is 0.733. The first kappa shape index (κ1) is 15.5. The Hall–Kier alpha value is -0.840. The van der Waals surface area contributed by atoms with Crippen molar-refractivity contribution in [2.24, 2.45) is 5.41 Å². The van der Waals surface area contributed by atoms with Crippen LogP contribution in [0.3, 0.4) is 0 Å². The van der Waals surface area contributed by atoms with Gasteiger partial charge in [-0.15, -0.1) is 0 Å². The number of hydrogen-bond donors (Lipinski definition) is 0. The zero-order chi connectivity index (χ0) is 14.6. The molecule has 1 aliphatic heterocycles. The lowest BCUT2D eigenvalue weighted by Crippen LogP contribution is -2.34. The summed E-state index contributed by atoms with van der Waals surface area (Å²) in [5, 5.41) is 5.29. The van der Waals surface area contributed by atoms with E-state index < -0.39 is 0 Å². The van der Waals surface area contributed by atoms with E-state index >= 15 is 0 Å². The highest BCUT2D eigenvalue weighted by Crippen LogP contribution is 2.30. The van der Waals surface area contributed by atoms with Crippen molar-refractivity contribution in [2.45, 2.75) is 46.1 Å². The SMILES string of the molecule is CCC(CC)(CBr)Cn1ncc(N2CCCC2)cc1=O. The average molecular weight is 342 g/mol. The summed E-state index contributed by atoms with van der Waals surface area (Å²) in [5.41, 5.74) is 1.11. The molecule has 0 N–H and O–H groups in total. The van der Waals surface area contributed by atoms with Crippen LogP contribution in [-0.2, 0) is 6.54 Å². The number of hydrogen-bond acceptors (Lipinski definition) is 3. The molecule has 0 aromatic carbocycles. The molecule has 0 unspecified atom stereocenters. The molecule has 1 aromatic rings. The standard InChI is InChI=1S/C15H24BrN3O/c1-3-15(4-2,11-16)12-19-14(20)9-13(10-17-19)18-7-5-6-8-18/h9-10H,3-8,11-12H2,1-2H3. The highest BCUT2D eigenvalue weighted by Gasteiger charge is 2.26. The van der Waals surface area contributed by atoms with E-state index in [-0.39, 0.29) is 11.0 Å². The molecule has 112 valence electrons. The molecule has 0 spiro atoms. The Labute approximate surface area is 129 Å². The largest absolute Gasteiger partial charge is 0.370 e. The highest BCUT2D eigenvalue weighted by molar-refractivity contribution is 9.09. The molecule has 0 saturated carbocycles. The fourth-order valence-corrected chi connectivity index (χ4v) is 3.68. The van der Waals surface area contributed by atoms with Crippen LogP contribution in [0.4, 0.5) is 5.69 Å². The van der Waals surface area contributed by atoms with Crippen molar-refractivity contribution in [1.29, 1.82) is 0 Å². The summed E-state index contributed by atoms with van der Waals surface area (Å²) in [7, 11) is 0. The van der Waals surface area contributed by atoms with Gasteiger partial charge in [-0.05, 0) is 31.1 Å². The highest BCUT2D eigenvalue weighted by atomic mass is 79.9. The van der Waals surface area contributed by atoms with Gasteiger partial charge in [0.1, 0.15) is 0 Å². The van der Waals surface area contributed by atoms with Gasteiger partial charge < -0.3 is 4.90 Å².